The largest absolute Gasteiger partial charge is 0.381 e. The predicted molar refractivity (Wildman–Crippen MR) is 107 cm³/mol. The van der Waals surface area contributed by atoms with Crippen LogP contribution < -0.4 is 10.6 Å². The van der Waals surface area contributed by atoms with Gasteiger partial charge in [-0.05, 0) is 25.8 Å². The molecule has 2 aromatic rings. The van der Waals surface area contributed by atoms with Crippen LogP contribution in [0, 0.1) is 12.8 Å². The van der Waals surface area contributed by atoms with Gasteiger partial charge in [0, 0.05) is 68.8 Å². The fraction of sp³-hybridized carbons (Fsp3) is 0.500. The minimum atomic E-state index is 0.100. The van der Waals surface area contributed by atoms with Crippen LogP contribution in [0.5, 0.6) is 0 Å². The van der Waals surface area contributed by atoms with E-state index in [2.05, 4.69) is 19.9 Å². The zero-order valence-corrected chi connectivity index (χ0v) is 16.2. The van der Waals surface area contributed by atoms with Crippen LogP contribution in [0.15, 0.2) is 24.5 Å². The molecule has 4 heterocycles. The first-order valence-corrected chi connectivity index (χ1v) is 9.79. The highest BCUT2D eigenvalue weighted by Crippen LogP contribution is 2.32. The van der Waals surface area contributed by atoms with E-state index in [1.54, 1.807) is 6.20 Å². The molecule has 0 radical (unpaired) electrons. The average molecular weight is 382 g/mol. The Morgan fingerprint density at radius 2 is 1.93 bits per heavy atom. The van der Waals surface area contributed by atoms with Gasteiger partial charge in [0.2, 0.25) is 11.9 Å². The molecule has 0 bridgehead atoms. The summed E-state index contributed by atoms with van der Waals surface area (Å²) >= 11 is 0. The quantitative estimate of drug-likeness (QED) is 0.859. The Balaban J connectivity index is 1.52. The van der Waals surface area contributed by atoms with Crippen molar-refractivity contribution >= 4 is 17.7 Å². The number of piperazine rings is 1. The Morgan fingerprint density at radius 3 is 2.61 bits per heavy atom. The highest BCUT2D eigenvalue weighted by Gasteiger charge is 2.30. The molecule has 2 saturated heterocycles. The van der Waals surface area contributed by atoms with Crippen molar-refractivity contribution in [1.29, 1.82) is 0 Å². The van der Waals surface area contributed by atoms with Crippen LogP contribution in [-0.2, 0) is 9.53 Å². The zero-order chi connectivity index (χ0) is 19.5. The van der Waals surface area contributed by atoms with Gasteiger partial charge in [-0.15, -0.1) is 0 Å². The van der Waals surface area contributed by atoms with Crippen molar-refractivity contribution in [2.45, 2.75) is 19.8 Å². The second-order valence-corrected chi connectivity index (χ2v) is 7.31. The lowest BCUT2D eigenvalue weighted by Crippen LogP contribution is -2.51. The molecule has 8 nitrogen and oxygen atoms in total. The van der Waals surface area contributed by atoms with E-state index in [9.17, 15) is 4.79 Å². The maximum atomic E-state index is 12.8. The summed E-state index contributed by atoms with van der Waals surface area (Å²) in [5, 5.41) is 0. The van der Waals surface area contributed by atoms with Crippen LogP contribution in [-0.4, -0.2) is 65.2 Å². The highest BCUT2D eigenvalue weighted by molar-refractivity contribution is 5.80. The molecule has 2 aliphatic rings. The number of nitrogen functional groups attached to an aromatic ring is 1. The van der Waals surface area contributed by atoms with Gasteiger partial charge in [0.1, 0.15) is 5.82 Å². The lowest BCUT2D eigenvalue weighted by Gasteiger charge is -2.38. The van der Waals surface area contributed by atoms with Gasteiger partial charge in [-0.25, -0.2) is 4.98 Å². The normalized spacial score (nSPS) is 18.3. The van der Waals surface area contributed by atoms with Gasteiger partial charge in [0.05, 0.1) is 5.69 Å². The van der Waals surface area contributed by atoms with Crippen molar-refractivity contribution in [3.8, 4) is 11.1 Å². The van der Waals surface area contributed by atoms with Crippen molar-refractivity contribution in [1.82, 2.24) is 19.9 Å². The first-order valence-electron chi connectivity index (χ1n) is 9.79. The van der Waals surface area contributed by atoms with Gasteiger partial charge >= 0.3 is 0 Å². The number of hydrogen-bond acceptors (Lipinski definition) is 7. The fourth-order valence-electron chi connectivity index (χ4n) is 4.00. The second kappa shape index (κ2) is 8.10. The molecule has 0 saturated carbocycles. The Kier molecular flexibility index (Phi) is 5.38. The lowest BCUT2D eigenvalue weighted by atomic mass is 9.98. The predicted octanol–water partition coefficient (Wildman–Crippen LogP) is 1.50. The number of pyridine rings is 1. The molecular weight excluding hydrogens is 356 g/mol. The Hall–Kier alpha value is -2.74. The Morgan fingerprint density at radius 1 is 1.18 bits per heavy atom. The zero-order valence-electron chi connectivity index (χ0n) is 16.2. The third kappa shape index (κ3) is 3.77. The van der Waals surface area contributed by atoms with E-state index >= 15 is 0 Å². The molecule has 28 heavy (non-hydrogen) atoms. The van der Waals surface area contributed by atoms with Crippen LogP contribution in [0.2, 0.25) is 0 Å². The van der Waals surface area contributed by atoms with Gasteiger partial charge in [0.25, 0.3) is 0 Å². The number of carbonyl (C=O) groups is 1. The summed E-state index contributed by atoms with van der Waals surface area (Å²) in [6.07, 6.45) is 5.21. The number of ether oxygens (including phenoxy) is 1. The van der Waals surface area contributed by atoms with E-state index in [4.69, 9.17) is 10.5 Å². The summed E-state index contributed by atoms with van der Waals surface area (Å²) in [5.41, 5.74) is 8.69. The summed E-state index contributed by atoms with van der Waals surface area (Å²) in [6.45, 7) is 6.12. The molecule has 0 aromatic carbocycles. The topological polar surface area (TPSA) is 97.5 Å². The standard InChI is InChI=1S/C20H26N6O2/c1-14-17(16-3-2-6-22-13-16)18(24-20(21)23-14)25-7-9-26(10-8-25)19(27)15-4-11-28-12-5-15/h2-3,6,13,15H,4-5,7-12H2,1H3,(H2,21,23,24). The fourth-order valence-corrected chi connectivity index (χ4v) is 4.00. The molecular formula is C20H26N6O2. The van der Waals surface area contributed by atoms with Crippen LogP contribution >= 0.6 is 0 Å². The second-order valence-electron chi connectivity index (χ2n) is 7.31. The molecule has 0 atom stereocenters. The Labute approximate surface area is 164 Å². The molecule has 148 valence electrons. The van der Waals surface area contributed by atoms with E-state index in [0.29, 0.717) is 26.3 Å². The van der Waals surface area contributed by atoms with E-state index in [0.717, 1.165) is 48.6 Å². The van der Waals surface area contributed by atoms with Gasteiger partial charge in [0.15, 0.2) is 0 Å². The molecule has 8 heteroatoms. The molecule has 0 spiro atoms. The first kappa shape index (κ1) is 18.6. The van der Waals surface area contributed by atoms with E-state index in [1.807, 2.05) is 30.2 Å². The van der Waals surface area contributed by atoms with E-state index < -0.39 is 0 Å². The van der Waals surface area contributed by atoms with Crippen molar-refractivity contribution in [3.05, 3.63) is 30.2 Å². The number of amides is 1. The molecule has 2 fully saturated rings. The summed E-state index contributed by atoms with van der Waals surface area (Å²) < 4.78 is 5.38. The Bertz CT molecular complexity index is 830. The van der Waals surface area contributed by atoms with Gasteiger partial charge in [-0.2, -0.15) is 4.98 Å². The number of aromatic nitrogens is 3. The number of nitrogens with two attached hydrogens (primary N) is 1. The summed E-state index contributed by atoms with van der Waals surface area (Å²) in [6, 6.07) is 3.91. The molecule has 2 aliphatic heterocycles. The average Bonchev–Trinajstić information content (AvgIpc) is 2.74. The van der Waals surface area contributed by atoms with Crippen LogP contribution in [0.25, 0.3) is 11.1 Å². The monoisotopic (exact) mass is 382 g/mol. The highest BCUT2D eigenvalue weighted by atomic mass is 16.5. The van der Waals surface area contributed by atoms with Gasteiger partial charge in [-0.1, -0.05) is 6.07 Å². The summed E-state index contributed by atoms with van der Waals surface area (Å²) in [7, 11) is 0. The molecule has 1 amide bonds. The van der Waals surface area contributed by atoms with Crippen molar-refractivity contribution in [2.75, 3.05) is 50.0 Å². The smallest absolute Gasteiger partial charge is 0.225 e. The van der Waals surface area contributed by atoms with Crippen molar-refractivity contribution in [3.63, 3.8) is 0 Å². The third-order valence-corrected chi connectivity index (χ3v) is 5.50. The van der Waals surface area contributed by atoms with Crippen LogP contribution in [0.4, 0.5) is 11.8 Å². The number of anilines is 2. The van der Waals surface area contributed by atoms with E-state index in [-0.39, 0.29) is 17.8 Å². The number of nitrogens with zero attached hydrogens (tertiary/aromatic N) is 5. The SMILES string of the molecule is Cc1nc(N)nc(N2CCN(C(=O)C3CCOCC3)CC2)c1-c1cccnc1. The summed E-state index contributed by atoms with van der Waals surface area (Å²) in [5.74, 6) is 1.44. The van der Waals surface area contributed by atoms with Gasteiger partial charge < -0.3 is 20.3 Å². The minimum Gasteiger partial charge on any atom is -0.381 e. The number of hydrogen-bond donors (Lipinski definition) is 1. The van der Waals surface area contributed by atoms with Gasteiger partial charge in [-0.3, -0.25) is 9.78 Å². The number of aryl methyl sites for hydroxylation is 1. The van der Waals surface area contributed by atoms with Crippen LogP contribution in [0.1, 0.15) is 18.5 Å². The minimum absolute atomic E-state index is 0.100. The molecule has 0 unspecified atom stereocenters. The lowest BCUT2D eigenvalue weighted by molar-refractivity contribution is -0.138. The molecule has 0 aliphatic carbocycles. The van der Waals surface area contributed by atoms with Crippen molar-refractivity contribution < 1.29 is 9.53 Å². The summed E-state index contributed by atoms with van der Waals surface area (Å²) in [4.78, 5) is 30.1. The maximum Gasteiger partial charge on any atom is 0.225 e. The maximum absolute atomic E-state index is 12.8. The number of rotatable bonds is 3. The van der Waals surface area contributed by atoms with Crippen molar-refractivity contribution in [2.24, 2.45) is 5.92 Å². The van der Waals surface area contributed by atoms with Crippen LogP contribution in [0.3, 0.4) is 0 Å². The molecule has 2 aromatic heterocycles. The number of carbonyl (C=O) groups excluding carboxylic acids is 1. The third-order valence-electron chi connectivity index (χ3n) is 5.50. The molecule has 4 rings (SSSR count). The first-order chi connectivity index (χ1) is 13.6. The molecule has 2 N–H and O–H groups in total. The van der Waals surface area contributed by atoms with E-state index in [1.165, 1.54) is 0 Å².